The predicted molar refractivity (Wildman–Crippen MR) is 87.2 cm³/mol. The molecule has 3 heterocycles. The molecule has 2 aromatic rings. The number of carbonyl (C=O) groups excluding carboxylic acids is 1. The van der Waals surface area contributed by atoms with E-state index in [1.165, 1.54) is 0 Å². The first-order valence-corrected chi connectivity index (χ1v) is 8.69. The lowest BCUT2D eigenvalue weighted by atomic mass is 9.96. The highest BCUT2D eigenvalue weighted by atomic mass is 32.2. The van der Waals surface area contributed by atoms with Crippen LogP contribution in [-0.4, -0.2) is 44.7 Å². The highest BCUT2D eigenvalue weighted by molar-refractivity contribution is 7.98. The van der Waals surface area contributed by atoms with Crippen LogP contribution in [0.25, 0.3) is 0 Å². The van der Waals surface area contributed by atoms with E-state index < -0.39 is 6.10 Å². The van der Waals surface area contributed by atoms with Gasteiger partial charge < -0.3 is 19.0 Å². The maximum absolute atomic E-state index is 12.5. The Kier molecular flexibility index (Phi) is 4.77. The zero-order valence-electron chi connectivity index (χ0n) is 13.3. The Morgan fingerprint density at radius 2 is 2.35 bits per heavy atom. The number of hydrogen-bond donors (Lipinski definition) is 1. The molecule has 0 aliphatic carbocycles. The second kappa shape index (κ2) is 6.80. The maximum Gasteiger partial charge on any atom is 0.289 e. The van der Waals surface area contributed by atoms with Crippen molar-refractivity contribution in [1.29, 1.82) is 0 Å². The second-order valence-corrected chi connectivity index (χ2v) is 6.90. The summed E-state index contributed by atoms with van der Waals surface area (Å²) in [6, 6.07) is 3.53. The van der Waals surface area contributed by atoms with Gasteiger partial charge in [-0.2, -0.15) is 0 Å². The van der Waals surface area contributed by atoms with Crippen molar-refractivity contribution in [3.05, 3.63) is 36.0 Å². The van der Waals surface area contributed by atoms with Gasteiger partial charge in [0.25, 0.3) is 5.91 Å². The van der Waals surface area contributed by atoms with Crippen molar-refractivity contribution in [3.8, 4) is 0 Å². The minimum Gasteiger partial charge on any atom is -0.455 e. The van der Waals surface area contributed by atoms with Gasteiger partial charge in [-0.3, -0.25) is 4.79 Å². The quantitative estimate of drug-likeness (QED) is 0.867. The van der Waals surface area contributed by atoms with Gasteiger partial charge in [0, 0.05) is 32.5 Å². The van der Waals surface area contributed by atoms with Gasteiger partial charge in [0.2, 0.25) is 0 Å². The Bertz CT molecular complexity index is 682. The fourth-order valence-corrected chi connectivity index (χ4v) is 3.41. The van der Waals surface area contributed by atoms with E-state index in [1.807, 2.05) is 30.8 Å². The van der Waals surface area contributed by atoms with E-state index in [0.29, 0.717) is 24.6 Å². The van der Waals surface area contributed by atoms with Gasteiger partial charge in [0.1, 0.15) is 5.76 Å². The zero-order valence-corrected chi connectivity index (χ0v) is 14.1. The van der Waals surface area contributed by atoms with E-state index in [-0.39, 0.29) is 11.8 Å². The number of amides is 1. The standard InChI is InChI=1S/C16H21N3O3S/c1-11-5-7-19(9-13(11)20)15(21)14-4-3-12(22-14)10-23-16-17-6-8-18(16)2/h3-4,6,8,11,13,20H,5,7,9-10H2,1-2H3. The predicted octanol–water partition coefficient (Wildman–Crippen LogP) is 2.15. The second-order valence-electron chi connectivity index (χ2n) is 5.96. The lowest BCUT2D eigenvalue weighted by molar-refractivity contribution is 0.0230. The molecule has 1 fully saturated rings. The molecule has 1 aliphatic rings. The summed E-state index contributed by atoms with van der Waals surface area (Å²) in [6.45, 7) is 3.04. The van der Waals surface area contributed by atoms with Gasteiger partial charge in [0.15, 0.2) is 10.9 Å². The van der Waals surface area contributed by atoms with Crippen LogP contribution in [0.3, 0.4) is 0 Å². The minimum atomic E-state index is -0.457. The molecule has 124 valence electrons. The monoisotopic (exact) mass is 335 g/mol. The molecule has 23 heavy (non-hydrogen) atoms. The van der Waals surface area contributed by atoms with Crippen LogP contribution in [-0.2, 0) is 12.8 Å². The number of piperidine rings is 1. The van der Waals surface area contributed by atoms with Crippen LogP contribution in [0.1, 0.15) is 29.7 Å². The number of aryl methyl sites for hydroxylation is 1. The third-order valence-corrected chi connectivity index (χ3v) is 5.28. The number of β-amino-alcohol motifs (C(OH)–C–C–N with tert-alkyl or cyclic N) is 1. The van der Waals surface area contributed by atoms with Crippen LogP contribution < -0.4 is 0 Å². The van der Waals surface area contributed by atoms with Crippen LogP contribution in [0.5, 0.6) is 0 Å². The summed E-state index contributed by atoms with van der Waals surface area (Å²) in [7, 11) is 1.94. The normalized spacial score (nSPS) is 21.6. The third kappa shape index (κ3) is 3.61. The number of carbonyl (C=O) groups is 1. The molecule has 0 spiro atoms. The van der Waals surface area contributed by atoms with Crippen molar-refractivity contribution in [3.63, 3.8) is 0 Å². The molecule has 0 bridgehead atoms. The van der Waals surface area contributed by atoms with Crippen molar-refractivity contribution >= 4 is 17.7 Å². The molecule has 0 saturated carbocycles. The molecule has 6 nitrogen and oxygen atoms in total. The fraction of sp³-hybridized carbons (Fsp3) is 0.500. The highest BCUT2D eigenvalue weighted by Crippen LogP contribution is 2.24. The lowest BCUT2D eigenvalue weighted by Crippen LogP contribution is -2.45. The van der Waals surface area contributed by atoms with Gasteiger partial charge >= 0.3 is 0 Å². The summed E-state index contributed by atoms with van der Waals surface area (Å²) in [6.07, 6.45) is 4.00. The molecule has 3 rings (SSSR count). The number of furan rings is 1. The summed E-state index contributed by atoms with van der Waals surface area (Å²) >= 11 is 1.56. The Balaban J connectivity index is 1.60. The zero-order chi connectivity index (χ0) is 16.4. The van der Waals surface area contributed by atoms with Crippen LogP contribution in [0.4, 0.5) is 0 Å². The van der Waals surface area contributed by atoms with E-state index in [0.717, 1.165) is 17.3 Å². The maximum atomic E-state index is 12.5. The summed E-state index contributed by atoms with van der Waals surface area (Å²) < 4.78 is 7.61. The molecule has 0 radical (unpaired) electrons. The van der Waals surface area contributed by atoms with Crippen molar-refractivity contribution in [2.24, 2.45) is 13.0 Å². The molecular formula is C16H21N3O3S. The topological polar surface area (TPSA) is 71.5 Å². The average Bonchev–Trinajstić information content (AvgIpc) is 3.16. The van der Waals surface area contributed by atoms with E-state index >= 15 is 0 Å². The number of imidazole rings is 1. The van der Waals surface area contributed by atoms with Crippen LogP contribution >= 0.6 is 11.8 Å². The molecule has 1 saturated heterocycles. The fourth-order valence-electron chi connectivity index (χ4n) is 2.59. The molecule has 0 aromatic carbocycles. The van der Waals surface area contributed by atoms with Crippen LogP contribution in [0, 0.1) is 5.92 Å². The minimum absolute atomic E-state index is 0.149. The van der Waals surface area contributed by atoms with Crippen molar-refractivity contribution < 1.29 is 14.3 Å². The van der Waals surface area contributed by atoms with Gasteiger partial charge in [0.05, 0.1) is 11.9 Å². The molecule has 1 amide bonds. The molecule has 2 aromatic heterocycles. The number of aromatic nitrogens is 2. The van der Waals surface area contributed by atoms with E-state index in [9.17, 15) is 9.90 Å². The number of hydrogen-bond acceptors (Lipinski definition) is 5. The summed E-state index contributed by atoms with van der Waals surface area (Å²) in [5.74, 6) is 1.79. The number of thioether (sulfide) groups is 1. The molecule has 7 heteroatoms. The average molecular weight is 335 g/mol. The van der Waals surface area contributed by atoms with Crippen LogP contribution in [0.2, 0.25) is 0 Å². The Hall–Kier alpha value is -1.73. The number of rotatable bonds is 4. The van der Waals surface area contributed by atoms with Gasteiger partial charge in [-0.05, 0) is 24.5 Å². The lowest BCUT2D eigenvalue weighted by Gasteiger charge is -2.33. The first-order chi connectivity index (χ1) is 11.0. The molecule has 1 aliphatic heterocycles. The molecule has 2 unspecified atom stereocenters. The number of aliphatic hydroxyl groups excluding tert-OH is 1. The van der Waals surface area contributed by atoms with E-state index in [2.05, 4.69) is 4.98 Å². The number of aliphatic hydroxyl groups is 1. The van der Waals surface area contributed by atoms with Crippen molar-refractivity contribution in [2.45, 2.75) is 30.4 Å². The van der Waals surface area contributed by atoms with E-state index in [1.54, 1.807) is 28.9 Å². The first-order valence-electron chi connectivity index (χ1n) is 7.71. The molecular weight excluding hydrogens is 314 g/mol. The van der Waals surface area contributed by atoms with Crippen molar-refractivity contribution in [1.82, 2.24) is 14.5 Å². The molecule has 1 N–H and O–H groups in total. The van der Waals surface area contributed by atoms with Gasteiger partial charge in [-0.1, -0.05) is 18.7 Å². The number of nitrogens with zero attached hydrogens (tertiary/aromatic N) is 3. The Labute approximate surface area is 139 Å². The number of likely N-dealkylation sites (tertiary alicyclic amines) is 1. The smallest absolute Gasteiger partial charge is 0.289 e. The highest BCUT2D eigenvalue weighted by Gasteiger charge is 2.29. The Morgan fingerprint density at radius 1 is 1.52 bits per heavy atom. The summed E-state index contributed by atoms with van der Waals surface area (Å²) in [4.78, 5) is 18.4. The van der Waals surface area contributed by atoms with Crippen molar-refractivity contribution in [2.75, 3.05) is 13.1 Å². The first kappa shape index (κ1) is 16.1. The van der Waals surface area contributed by atoms with Gasteiger partial charge in [-0.25, -0.2) is 4.98 Å². The van der Waals surface area contributed by atoms with Crippen LogP contribution in [0.15, 0.2) is 34.1 Å². The SMILES string of the molecule is CC1CCN(C(=O)c2ccc(CSc3nccn3C)o2)CC1O. The summed E-state index contributed by atoms with van der Waals surface area (Å²) in [5, 5.41) is 10.8. The third-order valence-electron chi connectivity index (χ3n) is 4.20. The van der Waals surface area contributed by atoms with Gasteiger partial charge in [-0.15, -0.1) is 0 Å². The van der Waals surface area contributed by atoms with E-state index in [4.69, 9.17) is 4.42 Å². The molecule has 2 atom stereocenters. The Morgan fingerprint density at radius 3 is 3.04 bits per heavy atom. The largest absolute Gasteiger partial charge is 0.455 e. The summed E-state index contributed by atoms with van der Waals surface area (Å²) in [5.41, 5.74) is 0.